The molecule has 1 saturated carbocycles. The number of likely N-dealkylation sites (tertiary alicyclic amines) is 1. The Morgan fingerprint density at radius 2 is 2.25 bits per heavy atom. The van der Waals surface area contributed by atoms with Gasteiger partial charge in [0.05, 0.1) is 12.1 Å². The van der Waals surface area contributed by atoms with Crippen molar-refractivity contribution in [2.75, 3.05) is 19.6 Å². The molecule has 16 heavy (non-hydrogen) atoms. The molecule has 1 amide bonds. The molecule has 2 fully saturated rings. The molecule has 0 aromatic carbocycles. The van der Waals surface area contributed by atoms with Gasteiger partial charge in [-0.25, -0.2) is 0 Å². The largest absolute Gasteiger partial charge is 0.393 e. The highest BCUT2D eigenvalue weighted by Gasteiger charge is 2.35. The molecule has 2 rings (SSSR count). The fourth-order valence-electron chi connectivity index (χ4n) is 2.59. The summed E-state index contributed by atoms with van der Waals surface area (Å²) in [6.07, 6.45) is 3.64. The zero-order valence-corrected chi connectivity index (χ0v) is 9.98. The van der Waals surface area contributed by atoms with Crippen molar-refractivity contribution in [2.24, 2.45) is 5.92 Å². The first-order chi connectivity index (χ1) is 7.70. The van der Waals surface area contributed by atoms with E-state index in [4.69, 9.17) is 0 Å². The number of aliphatic hydroxyl groups is 1. The van der Waals surface area contributed by atoms with Crippen LogP contribution in [0.25, 0.3) is 0 Å². The lowest BCUT2D eigenvalue weighted by Crippen LogP contribution is -2.43. The first-order valence-corrected chi connectivity index (χ1v) is 6.41. The molecule has 1 aliphatic carbocycles. The van der Waals surface area contributed by atoms with Crippen LogP contribution in [0.4, 0.5) is 0 Å². The molecule has 2 aliphatic rings. The van der Waals surface area contributed by atoms with Crippen LogP contribution in [0.1, 0.15) is 32.6 Å². The van der Waals surface area contributed by atoms with E-state index in [0.717, 1.165) is 45.3 Å². The lowest BCUT2D eigenvalue weighted by molar-refractivity contribution is -0.130. The molecule has 92 valence electrons. The predicted octanol–water partition coefficient (Wildman–Crippen LogP) is 0.358. The Labute approximate surface area is 97.0 Å². The molecule has 4 nitrogen and oxygen atoms in total. The Kier molecular flexibility index (Phi) is 3.82. The van der Waals surface area contributed by atoms with Gasteiger partial charge in [0, 0.05) is 13.1 Å². The van der Waals surface area contributed by atoms with E-state index in [0.29, 0.717) is 5.92 Å². The van der Waals surface area contributed by atoms with Gasteiger partial charge in [-0.3, -0.25) is 4.79 Å². The Morgan fingerprint density at radius 3 is 2.88 bits per heavy atom. The summed E-state index contributed by atoms with van der Waals surface area (Å²) in [4.78, 5) is 13.9. The second-order valence-electron chi connectivity index (χ2n) is 5.07. The monoisotopic (exact) mass is 226 g/mol. The van der Waals surface area contributed by atoms with E-state index in [9.17, 15) is 9.90 Å². The molecule has 0 spiro atoms. The van der Waals surface area contributed by atoms with Gasteiger partial charge in [0.25, 0.3) is 0 Å². The number of carbonyl (C=O) groups excluding carboxylic acids is 1. The molecule has 1 saturated heterocycles. The number of rotatable bonds is 5. The van der Waals surface area contributed by atoms with Gasteiger partial charge in [-0.2, -0.15) is 0 Å². The second kappa shape index (κ2) is 5.15. The molecule has 1 unspecified atom stereocenters. The minimum absolute atomic E-state index is 0.0462. The molecule has 0 aromatic rings. The summed E-state index contributed by atoms with van der Waals surface area (Å²) in [6, 6.07) is 0.0462. The lowest BCUT2D eigenvalue weighted by atomic mass is 9.82. The average molecular weight is 226 g/mol. The summed E-state index contributed by atoms with van der Waals surface area (Å²) >= 11 is 0. The van der Waals surface area contributed by atoms with Crippen LogP contribution >= 0.6 is 0 Å². The maximum Gasteiger partial charge on any atom is 0.239 e. The fourth-order valence-corrected chi connectivity index (χ4v) is 2.59. The van der Waals surface area contributed by atoms with Crippen LogP contribution in [0.15, 0.2) is 0 Å². The molecule has 0 radical (unpaired) electrons. The zero-order valence-electron chi connectivity index (χ0n) is 9.98. The minimum Gasteiger partial charge on any atom is -0.393 e. The van der Waals surface area contributed by atoms with Gasteiger partial charge in [-0.15, -0.1) is 0 Å². The van der Waals surface area contributed by atoms with E-state index in [1.807, 2.05) is 4.90 Å². The Morgan fingerprint density at radius 1 is 1.50 bits per heavy atom. The third-order valence-corrected chi connectivity index (χ3v) is 3.63. The van der Waals surface area contributed by atoms with Gasteiger partial charge in [0.15, 0.2) is 0 Å². The number of nitrogens with one attached hydrogen (secondary N) is 1. The maximum absolute atomic E-state index is 12.0. The summed E-state index contributed by atoms with van der Waals surface area (Å²) < 4.78 is 0. The van der Waals surface area contributed by atoms with Crippen molar-refractivity contribution in [2.45, 2.75) is 44.8 Å². The van der Waals surface area contributed by atoms with Gasteiger partial charge >= 0.3 is 0 Å². The van der Waals surface area contributed by atoms with Crippen LogP contribution in [0.5, 0.6) is 0 Å². The summed E-state index contributed by atoms with van der Waals surface area (Å²) in [5.74, 6) is 0.790. The first-order valence-electron chi connectivity index (χ1n) is 6.41. The number of hydrogen-bond donors (Lipinski definition) is 2. The van der Waals surface area contributed by atoms with Crippen molar-refractivity contribution in [3.05, 3.63) is 0 Å². The van der Waals surface area contributed by atoms with Crippen molar-refractivity contribution < 1.29 is 9.90 Å². The van der Waals surface area contributed by atoms with Crippen molar-refractivity contribution >= 4 is 5.91 Å². The number of hydrogen-bond acceptors (Lipinski definition) is 3. The van der Waals surface area contributed by atoms with Crippen molar-refractivity contribution in [1.82, 2.24) is 10.2 Å². The van der Waals surface area contributed by atoms with Crippen LogP contribution in [0.2, 0.25) is 0 Å². The van der Waals surface area contributed by atoms with Gasteiger partial charge in [-0.1, -0.05) is 6.92 Å². The van der Waals surface area contributed by atoms with Gasteiger partial charge in [0.2, 0.25) is 5.91 Å². The summed E-state index contributed by atoms with van der Waals surface area (Å²) in [5, 5.41) is 12.5. The Bertz CT molecular complexity index is 251. The standard InChI is InChI=1S/C12H22N2O2/c1-2-4-13-11-3-5-14(12(11)16)8-9-6-10(15)7-9/h9-11,13,15H,2-8H2,1H3. The smallest absolute Gasteiger partial charge is 0.239 e. The highest BCUT2D eigenvalue weighted by molar-refractivity contribution is 5.83. The predicted molar refractivity (Wildman–Crippen MR) is 62.0 cm³/mol. The second-order valence-corrected chi connectivity index (χ2v) is 5.07. The van der Waals surface area contributed by atoms with Crippen molar-refractivity contribution in [3.8, 4) is 0 Å². The Hall–Kier alpha value is -0.610. The zero-order chi connectivity index (χ0) is 11.5. The highest BCUT2D eigenvalue weighted by Crippen LogP contribution is 2.29. The van der Waals surface area contributed by atoms with Crippen LogP contribution in [0, 0.1) is 5.92 Å². The van der Waals surface area contributed by atoms with E-state index < -0.39 is 0 Å². The summed E-state index contributed by atoms with van der Waals surface area (Å²) in [6.45, 7) is 4.76. The molecule has 1 atom stereocenters. The third-order valence-electron chi connectivity index (χ3n) is 3.63. The molecule has 1 heterocycles. The maximum atomic E-state index is 12.0. The molecular weight excluding hydrogens is 204 g/mol. The van der Waals surface area contributed by atoms with Crippen molar-refractivity contribution in [1.29, 1.82) is 0 Å². The van der Waals surface area contributed by atoms with E-state index in [-0.39, 0.29) is 18.1 Å². The Balaban J connectivity index is 1.73. The average Bonchev–Trinajstić information content (AvgIpc) is 2.56. The van der Waals surface area contributed by atoms with Crippen LogP contribution in [-0.2, 0) is 4.79 Å². The number of carbonyl (C=O) groups is 1. The molecule has 2 N–H and O–H groups in total. The number of aliphatic hydroxyl groups excluding tert-OH is 1. The topological polar surface area (TPSA) is 52.6 Å². The summed E-state index contributed by atoms with van der Waals surface area (Å²) in [7, 11) is 0. The molecule has 4 heteroatoms. The fraction of sp³-hybridized carbons (Fsp3) is 0.917. The number of nitrogens with zero attached hydrogens (tertiary/aromatic N) is 1. The van der Waals surface area contributed by atoms with Gasteiger partial charge in [0.1, 0.15) is 0 Å². The summed E-state index contributed by atoms with van der Waals surface area (Å²) in [5.41, 5.74) is 0. The van der Waals surface area contributed by atoms with E-state index >= 15 is 0 Å². The van der Waals surface area contributed by atoms with E-state index in [2.05, 4.69) is 12.2 Å². The minimum atomic E-state index is -0.114. The van der Waals surface area contributed by atoms with E-state index in [1.165, 1.54) is 0 Å². The third kappa shape index (κ3) is 2.55. The van der Waals surface area contributed by atoms with Crippen LogP contribution < -0.4 is 5.32 Å². The van der Waals surface area contributed by atoms with Crippen LogP contribution in [-0.4, -0.2) is 47.7 Å². The first kappa shape index (κ1) is 11.9. The highest BCUT2D eigenvalue weighted by atomic mass is 16.3. The molecule has 0 aromatic heterocycles. The van der Waals surface area contributed by atoms with Gasteiger partial charge < -0.3 is 15.3 Å². The van der Waals surface area contributed by atoms with Gasteiger partial charge in [-0.05, 0) is 38.1 Å². The van der Waals surface area contributed by atoms with Crippen LogP contribution in [0.3, 0.4) is 0 Å². The quantitative estimate of drug-likeness (QED) is 0.711. The molecule has 1 aliphatic heterocycles. The molecular formula is C12H22N2O2. The SMILES string of the molecule is CCCNC1CCN(CC2CC(O)C2)C1=O. The van der Waals surface area contributed by atoms with Crippen molar-refractivity contribution in [3.63, 3.8) is 0 Å². The number of amides is 1. The normalized spacial score (nSPS) is 34.2. The van der Waals surface area contributed by atoms with E-state index in [1.54, 1.807) is 0 Å². The molecule has 0 bridgehead atoms. The lowest BCUT2D eigenvalue weighted by Gasteiger charge is -2.34.